The smallest absolute Gasteiger partial charge is 0.308 e. The molecule has 0 fully saturated rings. The van der Waals surface area contributed by atoms with Crippen LogP contribution in [0.2, 0.25) is 0 Å². The first kappa shape index (κ1) is 13.7. The Morgan fingerprint density at radius 3 is 2.41 bits per heavy atom. The minimum Gasteiger partial charge on any atom is -0.467 e. The summed E-state index contributed by atoms with van der Waals surface area (Å²) in [5, 5.41) is 0. The number of carbonyl (C=O) groups excluding carboxylic acids is 2. The van der Waals surface area contributed by atoms with E-state index in [0.29, 0.717) is 11.3 Å². The Morgan fingerprint density at radius 2 is 1.88 bits per heavy atom. The first-order chi connectivity index (χ1) is 8.02. The first-order valence-corrected chi connectivity index (χ1v) is 5.47. The van der Waals surface area contributed by atoms with Crippen LogP contribution in [-0.4, -0.2) is 24.6 Å². The Kier molecular flexibility index (Phi) is 5.11. The molecule has 0 bridgehead atoms. The number of hydrogen-bond acceptors (Lipinski definition) is 5. The molecule has 0 aliphatic rings. The molecule has 0 saturated heterocycles. The Morgan fingerprint density at radius 1 is 1.24 bits per heavy atom. The van der Waals surface area contributed by atoms with Crippen LogP contribution >= 0.6 is 15.9 Å². The molecule has 1 rings (SSSR count). The topological polar surface area (TPSA) is 61.8 Å². The summed E-state index contributed by atoms with van der Waals surface area (Å²) in [6, 6.07) is 4.46. The molecule has 0 aliphatic carbocycles. The molecule has 0 aliphatic heterocycles. The summed E-state index contributed by atoms with van der Waals surface area (Å²) in [7, 11) is 1.48. The molecule has 1 aromatic rings. The van der Waals surface area contributed by atoms with E-state index in [0.717, 1.165) is 0 Å². The third-order valence-corrected chi connectivity index (χ3v) is 2.17. The number of methoxy groups -OCH3 is 1. The Labute approximate surface area is 107 Å². The third-order valence-electron chi connectivity index (χ3n) is 1.71. The van der Waals surface area contributed by atoms with Gasteiger partial charge in [-0.05, 0) is 28.1 Å². The van der Waals surface area contributed by atoms with Gasteiger partial charge < -0.3 is 14.2 Å². The van der Waals surface area contributed by atoms with Gasteiger partial charge in [-0.15, -0.1) is 0 Å². The van der Waals surface area contributed by atoms with E-state index < -0.39 is 5.97 Å². The molecular formula is C11H11BrO5. The number of benzene rings is 1. The summed E-state index contributed by atoms with van der Waals surface area (Å²) in [5.41, 5.74) is 0.329. The van der Waals surface area contributed by atoms with E-state index >= 15 is 0 Å². The van der Waals surface area contributed by atoms with Crippen molar-refractivity contribution in [1.29, 1.82) is 0 Å². The monoisotopic (exact) mass is 302 g/mol. The summed E-state index contributed by atoms with van der Waals surface area (Å²) in [4.78, 5) is 22.0. The van der Waals surface area contributed by atoms with Gasteiger partial charge in [-0.1, -0.05) is 0 Å². The molecule has 0 amide bonds. The van der Waals surface area contributed by atoms with Crippen molar-refractivity contribution >= 4 is 26.6 Å². The van der Waals surface area contributed by atoms with E-state index in [4.69, 9.17) is 14.2 Å². The van der Waals surface area contributed by atoms with Gasteiger partial charge in [0.2, 0.25) is 4.69 Å². The number of carbonyl (C=O) groups is 2. The van der Waals surface area contributed by atoms with Gasteiger partial charge in [-0.2, -0.15) is 0 Å². The normalized spacial score (nSPS) is 9.82. The van der Waals surface area contributed by atoms with Gasteiger partial charge in [0.1, 0.15) is 11.5 Å². The lowest BCUT2D eigenvalue weighted by Crippen LogP contribution is -2.04. The zero-order valence-electron chi connectivity index (χ0n) is 9.36. The van der Waals surface area contributed by atoms with Crippen molar-refractivity contribution < 1.29 is 23.8 Å². The van der Waals surface area contributed by atoms with Gasteiger partial charge in [-0.25, -0.2) is 0 Å². The molecule has 0 unspecified atom stereocenters. The van der Waals surface area contributed by atoms with Crippen LogP contribution in [0.25, 0.3) is 0 Å². The van der Waals surface area contributed by atoms with Crippen LogP contribution in [0, 0.1) is 0 Å². The van der Waals surface area contributed by atoms with Gasteiger partial charge in [0.05, 0.1) is 0 Å². The van der Waals surface area contributed by atoms with Crippen LogP contribution in [0.15, 0.2) is 18.2 Å². The van der Waals surface area contributed by atoms with Crippen LogP contribution in [-0.2, 0) is 9.53 Å². The SMILES string of the molecule is COCOc1cc(OC(C)=O)cc(C(=O)Br)c1. The highest BCUT2D eigenvalue weighted by Gasteiger charge is 2.09. The van der Waals surface area contributed by atoms with Crippen molar-refractivity contribution in [2.45, 2.75) is 6.92 Å². The van der Waals surface area contributed by atoms with E-state index in [1.807, 2.05) is 0 Å². The maximum atomic E-state index is 11.2. The molecule has 92 valence electrons. The minimum atomic E-state index is -0.470. The highest BCUT2D eigenvalue weighted by Crippen LogP contribution is 2.24. The molecule has 6 heteroatoms. The van der Waals surface area contributed by atoms with Gasteiger partial charge in [-0.3, -0.25) is 9.59 Å². The van der Waals surface area contributed by atoms with Crippen molar-refractivity contribution in [2.75, 3.05) is 13.9 Å². The highest BCUT2D eigenvalue weighted by atomic mass is 79.9. The van der Waals surface area contributed by atoms with Crippen LogP contribution in [0.5, 0.6) is 11.5 Å². The van der Waals surface area contributed by atoms with Crippen LogP contribution < -0.4 is 9.47 Å². The zero-order chi connectivity index (χ0) is 12.8. The second-order valence-corrected chi connectivity index (χ2v) is 3.83. The van der Waals surface area contributed by atoms with Crippen LogP contribution in [0.1, 0.15) is 17.3 Å². The lowest BCUT2D eigenvalue weighted by Gasteiger charge is -2.08. The average Bonchev–Trinajstić information content (AvgIpc) is 2.25. The third kappa shape index (κ3) is 4.54. The van der Waals surface area contributed by atoms with Crippen molar-refractivity contribution in [2.24, 2.45) is 0 Å². The standard InChI is InChI=1S/C11H11BrO5/c1-7(13)17-10-4-8(11(12)14)3-9(5-10)16-6-15-2/h3-5H,6H2,1-2H3. The molecule has 0 saturated carbocycles. The predicted octanol–water partition coefficient (Wildman–Crippen LogP) is 2.13. The summed E-state index contributed by atoms with van der Waals surface area (Å²) in [6.07, 6.45) is 0. The number of hydrogen-bond donors (Lipinski definition) is 0. The number of ether oxygens (including phenoxy) is 3. The summed E-state index contributed by atoms with van der Waals surface area (Å²) in [6.45, 7) is 1.32. The van der Waals surface area contributed by atoms with E-state index in [9.17, 15) is 9.59 Å². The fourth-order valence-corrected chi connectivity index (χ4v) is 1.35. The fourth-order valence-electron chi connectivity index (χ4n) is 1.12. The van der Waals surface area contributed by atoms with Crippen LogP contribution in [0.4, 0.5) is 0 Å². The number of halogens is 1. The van der Waals surface area contributed by atoms with Crippen molar-refractivity contribution in [1.82, 2.24) is 0 Å². The molecule has 0 aromatic heterocycles. The molecule has 5 nitrogen and oxygen atoms in total. The Bertz CT molecular complexity index is 430. The van der Waals surface area contributed by atoms with E-state index in [-0.39, 0.29) is 17.2 Å². The molecule has 0 radical (unpaired) electrons. The van der Waals surface area contributed by atoms with E-state index in [1.165, 1.54) is 32.2 Å². The summed E-state index contributed by atoms with van der Waals surface area (Å²) >= 11 is 2.82. The number of rotatable bonds is 5. The molecule has 0 N–H and O–H groups in total. The maximum absolute atomic E-state index is 11.2. The fraction of sp³-hybridized carbons (Fsp3) is 0.273. The van der Waals surface area contributed by atoms with Crippen LogP contribution in [0.3, 0.4) is 0 Å². The first-order valence-electron chi connectivity index (χ1n) is 4.68. The molecule has 1 aromatic carbocycles. The van der Waals surface area contributed by atoms with Crippen molar-refractivity contribution in [3.63, 3.8) is 0 Å². The van der Waals surface area contributed by atoms with E-state index in [2.05, 4.69) is 15.9 Å². The number of esters is 1. The lowest BCUT2D eigenvalue weighted by atomic mass is 10.2. The molecular weight excluding hydrogens is 292 g/mol. The second-order valence-electron chi connectivity index (χ2n) is 3.11. The molecule has 0 heterocycles. The van der Waals surface area contributed by atoms with Crippen molar-refractivity contribution in [3.8, 4) is 11.5 Å². The van der Waals surface area contributed by atoms with E-state index in [1.54, 1.807) is 0 Å². The van der Waals surface area contributed by atoms with Gasteiger partial charge >= 0.3 is 5.97 Å². The van der Waals surface area contributed by atoms with Gasteiger partial charge in [0.25, 0.3) is 0 Å². The lowest BCUT2D eigenvalue weighted by molar-refractivity contribution is -0.131. The largest absolute Gasteiger partial charge is 0.467 e. The maximum Gasteiger partial charge on any atom is 0.308 e. The Balaban J connectivity index is 3.00. The van der Waals surface area contributed by atoms with Gasteiger partial charge in [0.15, 0.2) is 6.79 Å². The quantitative estimate of drug-likeness (QED) is 0.361. The average molecular weight is 303 g/mol. The molecule has 0 atom stereocenters. The zero-order valence-corrected chi connectivity index (χ0v) is 10.9. The predicted molar refractivity (Wildman–Crippen MR) is 63.5 cm³/mol. The Hall–Kier alpha value is -1.40. The summed E-state index contributed by atoms with van der Waals surface area (Å²) < 4.78 is 14.5. The second kappa shape index (κ2) is 6.36. The molecule has 17 heavy (non-hydrogen) atoms. The summed E-state index contributed by atoms with van der Waals surface area (Å²) in [5.74, 6) is 0.157. The molecule has 0 spiro atoms. The van der Waals surface area contributed by atoms with Crippen molar-refractivity contribution in [3.05, 3.63) is 23.8 Å². The highest BCUT2D eigenvalue weighted by molar-refractivity contribution is 9.18. The van der Waals surface area contributed by atoms with Gasteiger partial charge in [0, 0.05) is 25.7 Å². The minimum absolute atomic E-state index is 0.0411.